The van der Waals surface area contributed by atoms with E-state index in [2.05, 4.69) is 25.1 Å². The highest BCUT2D eigenvalue weighted by molar-refractivity contribution is 6.10. The van der Waals surface area contributed by atoms with Crippen molar-refractivity contribution in [1.82, 2.24) is 0 Å². The zero-order chi connectivity index (χ0) is 14.1. The van der Waals surface area contributed by atoms with Gasteiger partial charge in [-0.25, -0.2) is 0 Å². The molecule has 0 spiro atoms. The first-order chi connectivity index (χ1) is 9.31. The molecule has 1 heteroatoms. The second-order valence-electron chi connectivity index (χ2n) is 4.42. The van der Waals surface area contributed by atoms with Gasteiger partial charge in [0.15, 0.2) is 5.78 Å². The first-order valence-corrected chi connectivity index (χ1v) is 7.31. The van der Waals surface area contributed by atoms with E-state index in [1.807, 2.05) is 38.1 Å². The molecule has 0 bridgehead atoms. The van der Waals surface area contributed by atoms with Crippen LogP contribution in [-0.2, 0) is 6.42 Å². The lowest BCUT2D eigenvalue weighted by molar-refractivity contribution is 0.103. The SMILES string of the molecule is CC.CCCc1ccc(C(=O)C2=CCCC=C2)cc1. The molecule has 0 heterocycles. The van der Waals surface area contributed by atoms with Crippen molar-refractivity contribution >= 4 is 5.78 Å². The van der Waals surface area contributed by atoms with Gasteiger partial charge < -0.3 is 0 Å². The van der Waals surface area contributed by atoms with Crippen LogP contribution < -0.4 is 0 Å². The predicted molar refractivity (Wildman–Crippen MR) is 82.6 cm³/mol. The van der Waals surface area contributed by atoms with Crippen LogP contribution in [0.1, 0.15) is 56.0 Å². The van der Waals surface area contributed by atoms with Gasteiger partial charge in [-0.15, -0.1) is 0 Å². The van der Waals surface area contributed by atoms with E-state index in [9.17, 15) is 4.79 Å². The van der Waals surface area contributed by atoms with Gasteiger partial charge in [0, 0.05) is 11.1 Å². The average molecular weight is 256 g/mol. The molecular formula is C18H24O. The first kappa shape index (κ1) is 15.4. The van der Waals surface area contributed by atoms with E-state index in [0.717, 1.165) is 36.8 Å². The van der Waals surface area contributed by atoms with Crippen LogP contribution in [0.5, 0.6) is 0 Å². The van der Waals surface area contributed by atoms with Crippen molar-refractivity contribution in [1.29, 1.82) is 0 Å². The minimum absolute atomic E-state index is 0.143. The monoisotopic (exact) mass is 256 g/mol. The van der Waals surface area contributed by atoms with Crippen LogP contribution in [0.2, 0.25) is 0 Å². The molecule has 0 amide bonds. The predicted octanol–water partition coefficient (Wildman–Crippen LogP) is 5.12. The van der Waals surface area contributed by atoms with Crippen molar-refractivity contribution < 1.29 is 4.79 Å². The summed E-state index contributed by atoms with van der Waals surface area (Å²) in [6.07, 6.45) is 10.3. The molecule has 102 valence electrons. The summed E-state index contributed by atoms with van der Waals surface area (Å²) in [5, 5.41) is 0. The van der Waals surface area contributed by atoms with E-state index >= 15 is 0 Å². The fourth-order valence-electron chi connectivity index (χ4n) is 2.06. The number of ketones is 1. The third kappa shape index (κ3) is 4.51. The van der Waals surface area contributed by atoms with Gasteiger partial charge in [-0.05, 0) is 24.8 Å². The molecule has 19 heavy (non-hydrogen) atoms. The van der Waals surface area contributed by atoms with Crippen molar-refractivity contribution in [2.45, 2.75) is 46.5 Å². The van der Waals surface area contributed by atoms with Gasteiger partial charge in [0.25, 0.3) is 0 Å². The van der Waals surface area contributed by atoms with Gasteiger partial charge in [-0.3, -0.25) is 4.79 Å². The number of hydrogen-bond acceptors (Lipinski definition) is 1. The van der Waals surface area contributed by atoms with Crippen LogP contribution in [0, 0.1) is 0 Å². The maximum Gasteiger partial charge on any atom is 0.192 e. The molecule has 0 atom stereocenters. The molecule has 1 aliphatic carbocycles. The molecule has 1 aromatic carbocycles. The Morgan fingerprint density at radius 2 is 1.79 bits per heavy atom. The molecule has 0 aliphatic heterocycles. The lowest BCUT2D eigenvalue weighted by atomic mass is 9.97. The van der Waals surface area contributed by atoms with Crippen molar-refractivity contribution in [3.8, 4) is 0 Å². The van der Waals surface area contributed by atoms with Crippen molar-refractivity contribution in [2.75, 3.05) is 0 Å². The zero-order valence-corrected chi connectivity index (χ0v) is 12.3. The Bertz CT molecular complexity index is 449. The summed E-state index contributed by atoms with van der Waals surface area (Å²) in [5.41, 5.74) is 2.93. The number of rotatable bonds is 4. The molecule has 0 aromatic heterocycles. The molecule has 0 N–H and O–H groups in total. The van der Waals surface area contributed by atoms with Crippen LogP contribution in [0.15, 0.2) is 48.1 Å². The summed E-state index contributed by atoms with van der Waals surface area (Å²) in [7, 11) is 0. The molecule has 0 radical (unpaired) electrons. The van der Waals surface area contributed by atoms with E-state index in [4.69, 9.17) is 0 Å². The number of carbonyl (C=O) groups is 1. The van der Waals surface area contributed by atoms with Gasteiger partial charge in [0.2, 0.25) is 0 Å². The topological polar surface area (TPSA) is 17.1 Å². The van der Waals surface area contributed by atoms with Gasteiger partial charge in [-0.1, -0.05) is 69.7 Å². The van der Waals surface area contributed by atoms with Crippen LogP contribution in [0.25, 0.3) is 0 Å². The van der Waals surface area contributed by atoms with E-state index in [1.165, 1.54) is 5.56 Å². The molecule has 0 saturated heterocycles. The number of benzene rings is 1. The van der Waals surface area contributed by atoms with Crippen LogP contribution in [0.3, 0.4) is 0 Å². The third-order valence-electron chi connectivity index (χ3n) is 3.01. The number of hydrogen-bond donors (Lipinski definition) is 0. The fourth-order valence-corrected chi connectivity index (χ4v) is 2.06. The fraction of sp³-hybridized carbons (Fsp3) is 0.389. The van der Waals surface area contributed by atoms with Gasteiger partial charge in [-0.2, -0.15) is 0 Å². The summed E-state index contributed by atoms with van der Waals surface area (Å²) >= 11 is 0. The van der Waals surface area contributed by atoms with E-state index in [-0.39, 0.29) is 5.78 Å². The van der Waals surface area contributed by atoms with Gasteiger partial charge >= 0.3 is 0 Å². The van der Waals surface area contributed by atoms with Crippen LogP contribution >= 0.6 is 0 Å². The molecule has 2 rings (SSSR count). The third-order valence-corrected chi connectivity index (χ3v) is 3.01. The highest BCUT2D eigenvalue weighted by Gasteiger charge is 2.10. The lowest BCUT2D eigenvalue weighted by Gasteiger charge is -2.06. The van der Waals surface area contributed by atoms with Crippen LogP contribution in [-0.4, -0.2) is 5.78 Å². The molecule has 0 unspecified atom stereocenters. The maximum atomic E-state index is 12.1. The first-order valence-electron chi connectivity index (χ1n) is 7.31. The largest absolute Gasteiger partial charge is 0.289 e. The average Bonchev–Trinajstić information content (AvgIpc) is 2.51. The van der Waals surface area contributed by atoms with E-state index in [0.29, 0.717) is 0 Å². The van der Waals surface area contributed by atoms with E-state index in [1.54, 1.807) is 0 Å². The maximum absolute atomic E-state index is 12.1. The Kier molecular flexibility index (Phi) is 6.88. The molecule has 1 aromatic rings. The number of Topliss-reactive ketones (excluding diaryl/α,β-unsaturated/α-hetero) is 1. The number of carbonyl (C=O) groups excluding carboxylic acids is 1. The second kappa shape index (κ2) is 8.47. The lowest BCUT2D eigenvalue weighted by Crippen LogP contribution is -2.03. The summed E-state index contributed by atoms with van der Waals surface area (Å²) in [5.74, 6) is 0.143. The molecule has 1 nitrogen and oxygen atoms in total. The van der Waals surface area contributed by atoms with Crippen molar-refractivity contribution in [3.05, 3.63) is 59.2 Å². The molecular weight excluding hydrogens is 232 g/mol. The number of allylic oxidation sites excluding steroid dienone is 4. The standard InChI is InChI=1S/C16H18O.C2H6/c1-2-6-13-9-11-15(12-10-13)16(17)14-7-4-3-5-8-14;1-2/h4,7-12H,2-3,5-6H2,1H3;1-2H3. The Labute approximate surface area is 117 Å². The van der Waals surface area contributed by atoms with Crippen LogP contribution in [0.4, 0.5) is 0 Å². The summed E-state index contributed by atoms with van der Waals surface area (Å²) < 4.78 is 0. The Hall–Kier alpha value is -1.63. The van der Waals surface area contributed by atoms with Crippen molar-refractivity contribution in [2.24, 2.45) is 0 Å². The van der Waals surface area contributed by atoms with Gasteiger partial charge in [0.1, 0.15) is 0 Å². The summed E-state index contributed by atoms with van der Waals surface area (Å²) in [4.78, 5) is 12.1. The molecule has 1 aliphatic rings. The highest BCUT2D eigenvalue weighted by Crippen LogP contribution is 2.16. The highest BCUT2D eigenvalue weighted by atomic mass is 16.1. The van der Waals surface area contributed by atoms with Gasteiger partial charge in [0.05, 0.1) is 0 Å². The van der Waals surface area contributed by atoms with Crippen molar-refractivity contribution in [3.63, 3.8) is 0 Å². The quantitative estimate of drug-likeness (QED) is 0.683. The smallest absolute Gasteiger partial charge is 0.192 e. The zero-order valence-electron chi connectivity index (χ0n) is 12.3. The molecule has 0 saturated carbocycles. The summed E-state index contributed by atoms with van der Waals surface area (Å²) in [6.45, 7) is 6.16. The molecule has 0 fully saturated rings. The number of aryl methyl sites for hydroxylation is 1. The second-order valence-corrected chi connectivity index (χ2v) is 4.42. The van der Waals surface area contributed by atoms with E-state index < -0.39 is 0 Å². The Morgan fingerprint density at radius 1 is 1.11 bits per heavy atom. The normalized spacial score (nSPS) is 13.3. The Morgan fingerprint density at radius 3 is 2.32 bits per heavy atom. The summed E-state index contributed by atoms with van der Waals surface area (Å²) in [6, 6.07) is 8.00. The minimum Gasteiger partial charge on any atom is -0.289 e. The minimum atomic E-state index is 0.143. The Balaban J connectivity index is 0.000000861.